The predicted octanol–water partition coefficient (Wildman–Crippen LogP) is 1.98. The summed E-state index contributed by atoms with van der Waals surface area (Å²) in [5.74, 6) is 0.195. The van der Waals surface area contributed by atoms with Crippen molar-refractivity contribution in [3.05, 3.63) is 54.1 Å². The molecule has 0 aliphatic carbocycles. The van der Waals surface area contributed by atoms with E-state index in [-0.39, 0.29) is 6.04 Å². The largest absolute Gasteiger partial charge is 0.480 e. The molecule has 0 amide bonds. The van der Waals surface area contributed by atoms with Gasteiger partial charge in [0.1, 0.15) is 11.9 Å². The zero-order chi connectivity index (χ0) is 14.7. The maximum absolute atomic E-state index is 11.2. The maximum atomic E-state index is 11.2. The van der Waals surface area contributed by atoms with Gasteiger partial charge in [-0.1, -0.05) is 30.3 Å². The molecule has 0 unspecified atom stereocenters. The van der Waals surface area contributed by atoms with Crippen LogP contribution in [0.5, 0.6) is 0 Å². The summed E-state index contributed by atoms with van der Waals surface area (Å²) in [5, 5.41) is 9.25. The van der Waals surface area contributed by atoms with Gasteiger partial charge in [0.2, 0.25) is 0 Å². The van der Waals surface area contributed by atoms with Gasteiger partial charge in [0.05, 0.1) is 6.54 Å². The SMILES string of the molecule is O=C(O)[C@@H]1CCCN1Cc1nccn1Cc1ccccc1. The van der Waals surface area contributed by atoms with Crippen molar-refractivity contribution in [2.75, 3.05) is 6.54 Å². The number of nitrogens with zero attached hydrogens (tertiary/aromatic N) is 3. The van der Waals surface area contributed by atoms with Crippen molar-refractivity contribution in [1.29, 1.82) is 0 Å². The number of aromatic nitrogens is 2. The molecule has 0 radical (unpaired) electrons. The zero-order valence-corrected chi connectivity index (χ0v) is 11.9. The molecular formula is C16H19N3O2. The fourth-order valence-electron chi connectivity index (χ4n) is 2.89. The Labute approximate surface area is 123 Å². The van der Waals surface area contributed by atoms with Crippen molar-refractivity contribution >= 4 is 5.97 Å². The van der Waals surface area contributed by atoms with Crippen LogP contribution in [0.25, 0.3) is 0 Å². The fourth-order valence-corrected chi connectivity index (χ4v) is 2.89. The molecule has 1 aliphatic rings. The van der Waals surface area contributed by atoms with Gasteiger partial charge < -0.3 is 9.67 Å². The Morgan fingerprint density at radius 1 is 1.29 bits per heavy atom. The minimum atomic E-state index is -0.728. The van der Waals surface area contributed by atoms with Gasteiger partial charge in [-0.25, -0.2) is 4.98 Å². The first-order valence-electron chi connectivity index (χ1n) is 7.25. The third-order valence-corrected chi connectivity index (χ3v) is 3.99. The number of hydrogen-bond donors (Lipinski definition) is 1. The average molecular weight is 285 g/mol. The van der Waals surface area contributed by atoms with Gasteiger partial charge in [-0.3, -0.25) is 9.69 Å². The molecule has 5 nitrogen and oxygen atoms in total. The number of rotatable bonds is 5. The molecule has 0 saturated carbocycles. The number of imidazole rings is 1. The number of likely N-dealkylation sites (tertiary alicyclic amines) is 1. The van der Waals surface area contributed by atoms with E-state index in [0.29, 0.717) is 6.54 Å². The van der Waals surface area contributed by atoms with Gasteiger partial charge in [0, 0.05) is 18.9 Å². The molecule has 21 heavy (non-hydrogen) atoms. The van der Waals surface area contributed by atoms with Crippen molar-refractivity contribution in [1.82, 2.24) is 14.5 Å². The van der Waals surface area contributed by atoms with Crippen LogP contribution >= 0.6 is 0 Å². The molecule has 1 aliphatic heterocycles. The average Bonchev–Trinajstić information content (AvgIpc) is 3.11. The second-order valence-electron chi connectivity index (χ2n) is 5.42. The van der Waals surface area contributed by atoms with Gasteiger partial charge in [-0.05, 0) is 24.9 Å². The second-order valence-corrected chi connectivity index (χ2v) is 5.42. The van der Waals surface area contributed by atoms with Crippen LogP contribution in [-0.2, 0) is 17.9 Å². The molecule has 2 heterocycles. The highest BCUT2D eigenvalue weighted by molar-refractivity contribution is 5.73. The van der Waals surface area contributed by atoms with E-state index in [9.17, 15) is 9.90 Å². The summed E-state index contributed by atoms with van der Waals surface area (Å²) in [7, 11) is 0. The van der Waals surface area contributed by atoms with Crippen LogP contribution in [0.15, 0.2) is 42.7 Å². The van der Waals surface area contributed by atoms with Crippen molar-refractivity contribution in [2.45, 2.75) is 32.0 Å². The van der Waals surface area contributed by atoms with Gasteiger partial charge in [0.25, 0.3) is 0 Å². The molecule has 1 saturated heterocycles. The van der Waals surface area contributed by atoms with Crippen LogP contribution in [0, 0.1) is 0 Å². The van der Waals surface area contributed by atoms with E-state index in [2.05, 4.69) is 21.7 Å². The quantitative estimate of drug-likeness (QED) is 0.912. The standard InChI is InChI=1S/C16H19N3O2/c20-16(21)14-7-4-9-18(14)12-15-17-8-10-19(15)11-13-5-2-1-3-6-13/h1-3,5-6,8,10,14H,4,7,9,11-12H2,(H,20,21)/t14-/m0/s1. The maximum Gasteiger partial charge on any atom is 0.320 e. The second kappa shape index (κ2) is 6.10. The summed E-state index contributed by atoms with van der Waals surface area (Å²) in [6, 6.07) is 9.84. The lowest BCUT2D eigenvalue weighted by molar-refractivity contribution is -0.142. The molecule has 3 rings (SSSR count). The van der Waals surface area contributed by atoms with Crippen LogP contribution in [-0.4, -0.2) is 38.1 Å². The number of carboxylic acids is 1. The van der Waals surface area contributed by atoms with Crippen LogP contribution in [0.3, 0.4) is 0 Å². The highest BCUT2D eigenvalue weighted by Crippen LogP contribution is 2.20. The Bertz CT molecular complexity index is 609. The summed E-state index contributed by atoms with van der Waals surface area (Å²) in [6.45, 7) is 2.19. The minimum absolute atomic E-state index is 0.369. The Morgan fingerprint density at radius 3 is 2.86 bits per heavy atom. The van der Waals surface area contributed by atoms with E-state index < -0.39 is 5.97 Å². The number of carbonyl (C=O) groups is 1. The van der Waals surface area contributed by atoms with Gasteiger partial charge in [0.15, 0.2) is 0 Å². The number of carboxylic acid groups (broad SMARTS) is 1. The minimum Gasteiger partial charge on any atom is -0.480 e. The first-order valence-corrected chi connectivity index (χ1v) is 7.25. The lowest BCUT2D eigenvalue weighted by atomic mass is 10.2. The molecule has 2 aromatic rings. The molecule has 1 fully saturated rings. The molecule has 1 aromatic heterocycles. The normalized spacial score (nSPS) is 19.0. The Balaban J connectivity index is 1.72. The van der Waals surface area contributed by atoms with E-state index in [1.807, 2.05) is 29.3 Å². The Morgan fingerprint density at radius 2 is 2.10 bits per heavy atom. The number of benzene rings is 1. The first-order chi connectivity index (χ1) is 10.2. The van der Waals surface area contributed by atoms with Crippen LogP contribution in [0.2, 0.25) is 0 Å². The van der Waals surface area contributed by atoms with Crippen molar-refractivity contribution < 1.29 is 9.90 Å². The first kappa shape index (κ1) is 13.8. The van der Waals surface area contributed by atoms with Gasteiger partial charge in [-0.2, -0.15) is 0 Å². The number of hydrogen-bond acceptors (Lipinski definition) is 3. The molecule has 1 atom stereocenters. The van der Waals surface area contributed by atoms with E-state index in [0.717, 1.165) is 31.8 Å². The predicted molar refractivity (Wildman–Crippen MR) is 78.8 cm³/mol. The topological polar surface area (TPSA) is 58.4 Å². The zero-order valence-electron chi connectivity index (χ0n) is 11.9. The lowest BCUT2D eigenvalue weighted by Crippen LogP contribution is -2.36. The third-order valence-electron chi connectivity index (χ3n) is 3.99. The van der Waals surface area contributed by atoms with E-state index in [1.165, 1.54) is 5.56 Å². The summed E-state index contributed by atoms with van der Waals surface area (Å²) in [4.78, 5) is 17.7. The molecule has 1 aromatic carbocycles. The molecule has 5 heteroatoms. The van der Waals surface area contributed by atoms with Crippen molar-refractivity contribution in [3.8, 4) is 0 Å². The van der Waals surface area contributed by atoms with Gasteiger partial charge >= 0.3 is 5.97 Å². The van der Waals surface area contributed by atoms with E-state index in [1.54, 1.807) is 6.20 Å². The van der Waals surface area contributed by atoms with Crippen LogP contribution in [0.4, 0.5) is 0 Å². The smallest absolute Gasteiger partial charge is 0.320 e. The van der Waals surface area contributed by atoms with Crippen LogP contribution < -0.4 is 0 Å². The Hall–Kier alpha value is -2.14. The third kappa shape index (κ3) is 3.13. The fraction of sp³-hybridized carbons (Fsp3) is 0.375. The highest BCUT2D eigenvalue weighted by Gasteiger charge is 2.31. The summed E-state index contributed by atoms with van der Waals surface area (Å²) >= 11 is 0. The number of aliphatic carboxylic acids is 1. The molecule has 0 spiro atoms. The van der Waals surface area contributed by atoms with E-state index >= 15 is 0 Å². The van der Waals surface area contributed by atoms with Crippen molar-refractivity contribution in [2.24, 2.45) is 0 Å². The Kier molecular flexibility index (Phi) is 4.01. The summed E-state index contributed by atoms with van der Waals surface area (Å²) in [5.41, 5.74) is 1.22. The summed E-state index contributed by atoms with van der Waals surface area (Å²) < 4.78 is 2.09. The summed E-state index contributed by atoms with van der Waals surface area (Å²) in [6.07, 6.45) is 5.41. The van der Waals surface area contributed by atoms with Crippen molar-refractivity contribution in [3.63, 3.8) is 0 Å². The van der Waals surface area contributed by atoms with Crippen LogP contribution in [0.1, 0.15) is 24.2 Å². The van der Waals surface area contributed by atoms with Gasteiger partial charge in [-0.15, -0.1) is 0 Å². The van der Waals surface area contributed by atoms with E-state index in [4.69, 9.17) is 0 Å². The lowest BCUT2D eigenvalue weighted by Gasteiger charge is -2.21. The highest BCUT2D eigenvalue weighted by atomic mass is 16.4. The monoisotopic (exact) mass is 285 g/mol. The molecule has 0 bridgehead atoms. The molecule has 1 N–H and O–H groups in total. The molecule has 110 valence electrons. The molecular weight excluding hydrogens is 266 g/mol.